The predicted octanol–water partition coefficient (Wildman–Crippen LogP) is 3.24. The van der Waals surface area contributed by atoms with Gasteiger partial charge in [-0.05, 0) is 38.0 Å². The van der Waals surface area contributed by atoms with Crippen molar-refractivity contribution in [3.8, 4) is 0 Å². The number of anilines is 2. The van der Waals surface area contributed by atoms with Gasteiger partial charge in [-0.15, -0.1) is 5.10 Å². The molecule has 1 aliphatic rings. The van der Waals surface area contributed by atoms with E-state index >= 15 is 0 Å². The molecule has 0 fully saturated rings. The minimum absolute atomic E-state index is 0.583. The molecule has 0 radical (unpaired) electrons. The molecule has 5 heteroatoms. The summed E-state index contributed by atoms with van der Waals surface area (Å²) in [6.07, 6.45) is 10.3. The zero-order valence-corrected chi connectivity index (χ0v) is 12.5. The second-order valence-electron chi connectivity index (χ2n) is 5.72. The number of nitrogens with one attached hydrogen (secondary N) is 2. The Morgan fingerprint density at radius 3 is 2.90 bits per heavy atom. The lowest BCUT2D eigenvalue weighted by Gasteiger charge is -2.13. The third-order valence-electron chi connectivity index (χ3n) is 3.36. The summed E-state index contributed by atoms with van der Waals surface area (Å²) in [4.78, 5) is 4.41. The third-order valence-corrected chi connectivity index (χ3v) is 3.36. The van der Waals surface area contributed by atoms with E-state index in [-0.39, 0.29) is 0 Å². The Morgan fingerprint density at radius 1 is 1.25 bits per heavy atom. The summed E-state index contributed by atoms with van der Waals surface area (Å²) in [7, 11) is 0. The van der Waals surface area contributed by atoms with Gasteiger partial charge in [-0.25, -0.2) is 0 Å². The van der Waals surface area contributed by atoms with Crippen LogP contribution < -0.4 is 10.6 Å². The van der Waals surface area contributed by atoms with E-state index in [1.54, 1.807) is 11.8 Å². The van der Waals surface area contributed by atoms with Gasteiger partial charge in [-0.2, -0.15) is 10.1 Å². The van der Waals surface area contributed by atoms with Gasteiger partial charge in [0.05, 0.1) is 6.20 Å². The van der Waals surface area contributed by atoms with Gasteiger partial charge < -0.3 is 10.6 Å². The zero-order chi connectivity index (χ0) is 14.2. The van der Waals surface area contributed by atoms with Crippen molar-refractivity contribution in [1.29, 1.82) is 0 Å². The standard InChI is InChI=1S/C15H25N5/c1-12(2)10-17-14-11-18-20-15(19-14)16-9-8-13-6-4-3-5-7-13/h6,11-12H,3-5,7-10H2,1-2H3,(H2,16,17,19,20). The van der Waals surface area contributed by atoms with Crippen LogP contribution in [0.3, 0.4) is 0 Å². The molecule has 1 heterocycles. The summed E-state index contributed by atoms with van der Waals surface area (Å²) in [5, 5.41) is 14.5. The smallest absolute Gasteiger partial charge is 0.244 e. The molecule has 1 aromatic rings. The molecular weight excluding hydrogens is 250 g/mol. The Labute approximate surface area is 121 Å². The Morgan fingerprint density at radius 2 is 2.15 bits per heavy atom. The van der Waals surface area contributed by atoms with Crippen LogP contribution in [0.15, 0.2) is 17.8 Å². The average molecular weight is 275 g/mol. The molecule has 0 unspecified atom stereocenters. The van der Waals surface area contributed by atoms with Crippen LogP contribution in [0.4, 0.5) is 11.8 Å². The second kappa shape index (κ2) is 7.82. The number of nitrogens with zero attached hydrogens (tertiary/aromatic N) is 3. The first-order chi connectivity index (χ1) is 9.74. The normalized spacial score (nSPS) is 15.1. The predicted molar refractivity (Wildman–Crippen MR) is 82.8 cm³/mol. The molecule has 0 aromatic carbocycles. The van der Waals surface area contributed by atoms with Gasteiger partial charge in [0.15, 0.2) is 5.82 Å². The number of aromatic nitrogens is 3. The lowest BCUT2D eigenvalue weighted by atomic mass is 9.97. The Balaban J connectivity index is 1.77. The summed E-state index contributed by atoms with van der Waals surface area (Å²) in [5.74, 6) is 1.97. The Kier molecular flexibility index (Phi) is 5.77. The number of rotatable bonds is 7. The maximum absolute atomic E-state index is 4.41. The molecule has 110 valence electrons. The molecule has 20 heavy (non-hydrogen) atoms. The van der Waals surface area contributed by atoms with Crippen molar-refractivity contribution in [2.75, 3.05) is 23.7 Å². The van der Waals surface area contributed by atoms with Gasteiger partial charge >= 0.3 is 0 Å². The highest BCUT2D eigenvalue weighted by Crippen LogP contribution is 2.19. The molecule has 0 bridgehead atoms. The Hall–Kier alpha value is -1.65. The van der Waals surface area contributed by atoms with Gasteiger partial charge in [0.2, 0.25) is 5.95 Å². The molecule has 0 spiro atoms. The van der Waals surface area contributed by atoms with E-state index in [0.717, 1.165) is 25.3 Å². The minimum atomic E-state index is 0.583. The number of hydrogen-bond acceptors (Lipinski definition) is 5. The zero-order valence-electron chi connectivity index (χ0n) is 12.5. The van der Waals surface area contributed by atoms with Crippen molar-refractivity contribution in [2.45, 2.75) is 46.0 Å². The molecule has 1 aromatic heterocycles. The summed E-state index contributed by atoms with van der Waals surface area (Å²) in [5.41, 5.74) is 1.56. The SMILES string of the molecule is CC(C)CNc1cnnc(NCCC2=CCCCC2)n1. The monoisotopic (exact) mass is 275 g/mol. The summed E-state index contributed by atoms with van der Waals surface area (Å²) < 4.78 is 0. The topological polar surface area (TPSA) is 62.7 Å². The lowest BCUT2D eigenvalue weighted by Crippen LogP contribution is -2.12. The average Bonchev–Trinajstić information content (AvgIpc) is 2.47. The van der Waals surface area contributed by atoms with Crippen molar-refractivity contribution in [3.05, 3.63) is 17.8 Å². The molecular formula is C15H25N5. The van der Waals surface area contributed by atoms with E-state index < -0.39 is 0 Å². The van der Waals surface area contributed by atoms with Crippen molar-refractivity contribution >= 4 is 11.8 Å². The molecule has 0 aliphatic heterocycles. The highest BCUT2D eigenvalue weighted by molar-refractivity contribution is 5.36. The van der Waals surface area contributed by atoms with Crippen molar-refractivity contribution < 1.29 is 0 Å². The van der Waals surface area contributed by atoms with E-state index in [0.29, 0.717) is 11.9 Å². The number of hydrogen-bond donors (Lipinski definition) is 2. The summed E-state index contributed by atoms with van der Waals surface area (Å²) >= 11 is 0. The molecule has 0 saturated heterocycles. The molecule has 0 saturated carbocycles. The van der Waals surface area contributed by atoms with Crippen molar-refractivity contribution in [2.24, 2.45) is 5.92 Å². The third kappa shape index (κ3) is 5.15. The lowest BCUT2D eigenvalue weighted by molar-refractivity contribution is 0.678. The first-order valence-corrected chi connectivity index (χ1v) is 7.59. The molecule has 0 amide bonds. The van der Waals surface area contributed by atoms with Crippen LogP contribution in [-0.2, 0) is 0 Å². The largest absolute Gasteiger partial charge is 0.368 e. The maximum atomic E-state index is 4.41. The first kappa shape index (κ1) is 14.8. The molecule has 2 rings (SSSR count). The van der Waals surface area contributed by atoms with Crippen LogP contribution in [0.25, 0.3) is 0 Å². The van der Waals surface area contributed by atoms with Gasteiger partial charge in [0.25, 0.3) is 0 Å². The van der Waals surface area contributed by atoms with Gasteiger partial charge in [-0.1, -0.05) is 25.5 Å². The maximum Gasteiger partial charge on any atom is 0.244 e. The van der Waals surface area contributed by atoms with E-state index in [4.69, 9.17) is 0 Å². The fraction of sp³-hybridized carbons (Fsp3) is 0.667. The van der Waals surface area contributed by atoms with E-state index in [1.807, 2.05) is 0 Å². The molecule has 2 N–H and O–H groups in total. The molecule has 1 aliphatic carbocycles. The van der Waals surface area contributed by atoms with E-state index in [2.05, 4.69) is 45.7 Å². The quantitative estimate of drug-likeness (QED) is 0.748. The fourth-order valence-corrected chi connectivity index (χ4v) is 2.24. The molecule has 5 nitrogen and oxygen atoms in total. The molecule has 0 atom stereocenters. The van der Waals surface area contributed by atoms with E-state index in [1.165, 1.54) is 25.7 Å². The van der Waals surface area contributed by atoms with Crippen LogP contribution in [0.2, 0.25) is 0 Å². The Bertz CT molecular complexity index is 442. The fourth-order valence-electron chi connectivity index (χ4n) is 2.24. The highest BCUT2D eigenvalue weighted by Gasteiger charge is 2.04. The van der Waals surface area contributed by atoms with Crippen LogP contribution >= 0.6 is 0 Å². The second-order valence-corrected chi connectivity index (χ2v) is 5.72. The minimum Gasteiger partial charge on any atom is -0.368 e. The van der Waals surface area contributed by atoms with Crippen LogP contribution in [-0.4, -0.2) is 28.3 Å². The van der Waals surface area contributed by atoms with Crippen molar-refractivity contribution in [1.82, 2.24) is 15.2 Å². The van der Waals surface area contributed by atoms with Gasteiger partial charge in [0, 0.05) is 13.1 Å². The number of allylic oxidation sites excluding steroid dienone is 1. The van der Waals surface area contributed by atoms with Crippen LogP contribution in [0.1, 0.15) is 46.0 Å². The van der Waals surface area contributed by atoms with E-state index in [9.17, 15) is 0 Å². The summed E-state index contributed by atoms with van der Waals surface area (Å²) in [6, 6.07) is 0. The summed E-state index contributed by atoms with van der Waals surface area (Å²) in [6.45, 7) is 6.10. The highest BCUT2D eigenvalue weighted by atomic mass is 15.3. The van der Waals surface area contributed by atoms with Crippen LogP contribution in [0.5, 0.6) is 0 Å². The van der Waals surface area contributed by atoms with Crippen LogP contribution in [0, 0.1) is 5.92 Å². The van der Waals surface area contributed by atoms with Crippen molar-refractivity contribution in [3.63, 3.8) is 0 Å². The first-order valence-electron chi connectivity index (χ1n) is 7.59. The van der Waals surface area contributed by atoms with Gasteiger partial charge in [-0.3, -0.25) is 0 Å². The van der Waals surface area contributed by atoms with Gasteiger partial charge in [0.1, 0.15) is 0 Å².